The Hall–Kier alpha value is -0.650. The Balaban J connectivity index is 3.14. The number of unbranched alkanes of at least 4 members (excludes halogenated alkanes) is 19. The van der Waals surface area contributed by atoms with Crippen molar-refractivity contribution in [2.24, 2.45) is 0 Å². The molecule has 228 valence electrons. The molecule has 0 saturated heterocycles. The van der Waals surface area contributed by atoms with Crippen molar-refractivity contribution in [1.82, 2.24) is 0 Å². The highest BCUT2D eigenvalue weighted by Crippen LogP contribution is 2.13. The minimum atomic E-state index is -0.0994. The number of hydrogen-bond acceptors (Lipinski definition) is 5. The summed E-state index contributed by atoms with van der Waals surface area (Å²) in [5.41, 5.74) is 0. The zero-order valence-corrected chi connectivity index (χ0v) is 25.8. The van der Waals surface area contributed by atoms with Gasteiger partial charge in [0.1, 0.15) is 0 Å². The quantitative estimate of drug-likeness (QED) is 0.0610. The minimum Gasteiger partial charge on any atom is -0.466 e. The topological polar surface area (TPSA) is 54.0 Å². The first-order chi connectivity index (χ1) is 18.8. The van der Waals surface area contributed by atoms with Crippen molar-refractivity contribution in [3.8, 4) is 0 Å². The molecule has 0 bridgehead atoms. The fraction of sp³-hybridized carbons (Fsp3) is 0.970. The van der Waals surface area contributed by atoms with Gasteiger partial charge in [0, 0.05) is 19.6 Å². The van der Waals surface area contributed by atoms with Crippen molar-refractivity contribution >= 4 is 5.97 Å². The van der Waals surface area contributed by atoms with Crippen molar-refractivity contribution in [3.05, 3.63) is 0 Å². The van der Waals surface area contributed by atoms with Crippen LogP contribution in [0.25, 0.3) is 0 Å². The van der Waals surface area contributed by atoms with Crippen molar-refractivity contribution in [2.75, 3.05) is 46.2 Å². The first-order valence-electron chi connectivity index (χ1n) is 16.7. The predicted molar refractivity (Wildman–Crippen MR) is 161 cm³/mol. The van der Waals surface area contributed by atoms with Gasteiger partial charge >= 0.3 is 5.97 Å². The summed E-state index contributed by atoms with van der Waals surface area (Å²) in [6.45, 7) is 8.88. The molecule has 0 rings (SSSR count). The largest absolute Gasteiger partial charge is 0.466 e. The Morgan fingerprint density at radius 1 is 0.368 bits per heavy atom. The summed E-state index contributed by atoms with van der Waals surface area (Å²) in [7, 11) is 0. The van der Waals surface area contributed by atoms with Gasteiger partial charge in [-0.15, -0.1) is 0 Å². The lowest BCUT2D eigenvalue weighted by atomic mass is 10.0. The van der Waals surface area contributed by atoms with Crippen molar-refractivity contribution in [1.29, 1.82) is 0 Å². The molecule has 0 radical (unpaired) electrons. The standard InChI is InChI=1S/C33H66O5/c1-3-5-7-9-10-11-12-13-14-15-16-17-18-19-21-23-28-38-33(34)25-24-27-36-30-32-37-31-29-35-26-22-20-8-6-4-2/h3-32H2,1-2H3. The summed E-state index contributed by atoms with van der Waals surface area (Å²) >= 11 is 0. The molecule has 0 aliphatic heterocycles. The molecule has 38 heavy (non-hydrogen) atoms. The van der Waals surface area contributed by atoms with Crippen molar-refractivity contribution in [3.63, 3.8) is 0 Å². The highest BCUT2D eigenvalue weighted by Gasteiger charge is 2.03. The number of carbonyl (C=O) groups excluding carboxylic acids is 1. The summed E-state index contributed by atoms with van der Waals surface area (Å²) in [6, 6.07) is 0. The molecule has 0 aliphatic carbocycles. The van der Waals surface area contributed by atoms with Crippen LogP contribution in [-0.4, -0.2) is 52.2 Å². The average molecular weight is 543 g/mol. The zero-order chi connectivity index (χ0) is 27.6. The van der Waals surface area contributed by atoms with Crippen LogP contribution in [0.2, 0.25) is 0 Å². The molecule has 5 heteroatoms. The number of esters is 1. The molecule has 0 aromatic carbocycles. The van der Waals surface area contributed by atoms with E-state index in [0.29, 0.717) is 52.5 Å². The average Bonchev–Trinajstić information content (AvgIpc) is 2.92. The molecule has 0 amide bonds. The second-order valence-electron chi connectivity index (χ2n) is 10.9. The predicted octanol–water partition coefficient (Wildman–Crippen LogP) is 9.59. The smallest absolute Gasteiger partial charge is 0.305 e. The number of hydrogen-bond donors (Lipinski definition) is 0. The van der Waals surface area contributed by atoms with Crippen LogP contribution in [0.15, 0.2) is 0 Å². The Kier molecular flexibility index (Phi) is 33.8. The SMILES string of the molecule is CCCCCCCCCCCCCCCCCCOC(=O)CCCOCCOCCOCCCCCCC. The summed E-state index contributed by atoms with van der Waals surface area (Å²) in [6.07, 6.45) is 29.1. The first kappa shape index (κ1) is 37.4. The van der Waals surface area contributed by atoms with E-state index in [2.05, 4.69) is 13.8 Å². The van der Waals surface area contributed by atoms with E-state index in [1.54, 1.807) is 0 Å². The first-order valence-corrected chi connectivity index (χ1v) is 16.7. The van der Waals surface area contributed by atoms with Gasteiger partial charge in [0.15, 0.2) is 0 Å². The number of ether oxygens (including phenoxy) is 4. The molecular formula is C33H66O5. The third kappa shape index (κ3) is 33.4. The molecule has 5 nitrogen and oxygen atoms in total. The fourth-order valence-electron chi connectivity index (χ4n) is 4.58. The maximum absolute atomic E-state index is 11.8. The molecular weight excluding hydrogens is 476 g/mol. The van der Waals surface area contributed by atoms with Crippen LogP contribution in [0.5, 0.6) is 0 Å². The Morgan fingerprint density at radius 3 is 1.11 bits per heavy atom. The van der Waals surface area contributed by atoms with E-state index >= 15 is 0 Å². The summed E-state index contributed by atoms with van der Waals surface area (Å²) in [4.78, 5) is 11.8. The van der Waals surface area contributed by atoms with E-state index in [4.69, 9.17) is 18.9 Å². The monoisotopic (exact) mass is 542 g/mol. The van der Waals surface area contributed by atoms with E-state index in [1.807, 2.05) is 0 Å². The van der Waals surface area contributed by atoms with E-state index in [0.717, 1.165) is 19.4 Å². The maximum atomic E-state index is 11.8. The van der Waals surface area contributed by atoms with E-state index < -0.39 is 0 Å². The molecule has 0 heterocycles. The van der Waals surface area contributed by atoms with Crippen LogP contribution in [-0.2, 0) is 23.7 Å². The lowest BCUT2D eigenvalue weighted by molar-refractivity contribution is -0.144. The van der Waals surface area contributed by atoms with Crippen LogP contribution in [0.3, 0.4) is 0 Å². The minimum absolute atomic E-state index is 0.0994. The van der Waals surface area contributed by atoms with Crippen LogP contribution in [0.4, 0.5) is 0 Å². The fourth-order valence-corrected chi connectivity index (χ4v) is 4.58. The van der Waals surface area contributed by atoms with Crippen molar-refractivity contribution in [2.45, 2.75) is 162 Å². The molecule has 0 saturated carbocycles. The zero-order valence-electron chi connectivity index (χ0n) is 25.8. The Labute approximate surface area is 237 Å². The van der Waals surface area contributed by atoms with Crippen LogP contribution in [0.1, 0.15) is 162 Å². The van der Waals surface area contributed by atoms with Gasteiger partial charge in [-0.2, -0.15) is 0 Å². The highest BCUT2D eigenvalue weighted by atomic mass is 16.5. The van der Waals surface area contributed by atoms with Gasteiger partial charge in [0.2, 0.25) is 0 Å². The van der Waals surface area contributed by atoms with E-state index in [-0.39, 0.29) is 5.97 Å². The van der Waals surface area contributed by atoms with Crippen molar-refractivity contribution < 1.29 is 23.7 Å². The van der Waals surface area contributed by atoms with Crippen LogP contribution in [0, 0.1) is 0 Å². The Morgan fingerprint density at radius 2 is 0.684 bits per heavy atom. The normalized spacial score (nSPS) is 11.3. The van der Waals surface area contributed by atoms with Gasteiger partial charge in [-0.1, -0.05) is 136 Å². The molecule has 0 atom stereocenters. The molecule has 0 aromatic heterocycles. The van der Waals surface area contributed by atoms with Crippen LogP contribution >= 0.6 is 0 Å². The molecule has 0 unspecified atom stereocenters. The van der Waals surface area contributed by atoms with Gasteiger partial charge in [0.25, 0.3) is 0 Å². The summed E-state index contributed by atoms with van der Waals surface area (Å²) in [5, 5.41) is 0. The molecule has 0 fully saturated rings. The van der Waals surface area contributed by atoms with Gasteiger partial charge in [-0.05, 0) is 19.3 Å². The lowest BCUT2D eigenvalue weighted by Gasteiger charge is -2.07. The Bertz CT molecular complexity index is 443. The van der Waals surface area contributed by atoms with E-state index in [1.165, 1.54) is 122 Å². The highest BCUT2D eigenvalue weighted by molar-refractivity contribution is 5.69. The second kappa shape index (κ2) is 34.4. The third-order valence-corrected chi connectivity index (χ3v) is 7.07. The molecule has 0 aliphatic rings. The van der Waals surface area contributed by atoms with Gasteiger partial charge in [0.05, 0.1) is 33.0 Å². The third-order valence-electron chi connectivity index (χ3n) is 7.07. The summed E-state index contributed by atoms with van der Waals surface area (Å²) < 4.78 is 22.0. The number of carbonyl (C=O) groups is 1. The van der Waals surface area contributed by atoms with Gasteiger partial charge < -0.3 is 18.9 Å². The van der Waals surface area contributed by atoms with Gasteiger partial charge in [-0.25, -0.2) is 0 Å². The second-order valence-corrected chi connectivity index (χ2v) is 10.9. The molecule has 0 N–H and O–H groups in total. The lowest BCUT2D eigenvalue weighted by Crippen LogP contribution is -2.11. The molecule has 0 aromatic rings. The molecule has 0 spiro atoms. The van der Waals surface area contributed by atoms with E-state index in [9.17, 15) is 4.79 Å². The maximum Gasteiger partial charge on any atom is 0.305 e. The number of rotatable bonds is 33. The van der Waals surface area contributed by atoms with Crippen LogP contribution < -0.4 is 0 Å². The van der Waals surface area contributed by atoms with Gasteiger partial charge in [-0.3, -0.25) is 4.79 Å². The summed E-state index contributed by atoms with van der Waals surface area (Å²) in [5.74, 6) is -0.0994.